The Morgan fingerprint density at radius 2 is 1.88 bits per heavy atom. The van der Waals surface area contributed by atoms with Crippen molar-refractivity contribution in [2.75, 3.05) is 0 Å². The summed E-state index contributed by atoms with van der Waals surface area (Å²) in [5, 5.41) is 8.44. The molecule has 0 aromatic carbocycles. The maximum Gasteiger partial charge on any atom is 0.434 e. The normalized spacial score (nSPS) is 12.2. The molecule has 1 heterocycles. The number of nitriles is 1. The van der Waals surface area contributed by atoms with Crippen molar-refractivity contribution in [3.05, 3.63) is 40.2 Å². The second-order valence-corrected chi connectivity index (χ2v) is 5.75. The van der Waals surface area contributed by atoms with Gasteiger partial charge in [-0.15, -0.1) is 0 Å². The number of nitrogens with zero attached hydrogens (tertiary/aromatic N) is 2. The second kappa shape index (κ2) is 8.70. The summed E-state index contributed by atoms with van der Waals surface area (Å²) < 4.78 is 66.1. The predicted octanol–water partition coefficient (Wildman–Crippen LogP) is 4.71. The van der Waals surface area contributed by atoms with Crippen LogP contribution in [-0.4, -0.2) is 11.3 Å². The molecule has 25 heavy (non-hydrogen) atoms. The number of rotatable bonds is 7. The number of hydrogen-bond acceptors (Lipinski definition) is 3. The molecule has 1 aromatic heterocycles. The third-order valence-corrected chi connectivity index (χ3v) is 3.39. The lowest BCUT2D eigenvalue weighted by atomic mass is 9.89. The van der Waals surface area contributed by atoms with Crippen molar-refractivity contribution >= 4 is 6.29 Å². The van der Waals surface area contributed by atoms with Crippen LogP contribution in [0, 0.1) is 17.2 Å². The molecule has 0 aliphatic carbocycles. The Balaban J connectivity index is 3.66. The van der Waals surface area contributed by atoms with Gasteiger partial charge < -0.3 is 0 Å². The van der Waals surface area contributed by atoms with E-state index in [1.165, 1.54) is 12.4 Å². The lowest BCUT2D eigenvalue weighted by molar-refractivity contribution is -0.141. The van der Waals surface area contributed by atoms with E-state index in [-0.39, 0.29) is 36.3 Å². The summed E-state index contributed by atoms with van der Waals surface area (Å²) in [4.78, 5) is 14.2. The van der Waals surface area contributed by atoms with E-state index in [0.717, 1.165) is 6.08 Å². The second-order valence-electron chi connectivity index (χ2n) is 5.75. The molecule has 0 N–H and O–H groups in total. The molecule has 0 amide bonds. The Morgan fingerprint density at radius 3 is 2.32 bits per heavy atom. The molecule has 135 valence electrons. The summed E-state index contributed by atoms with van der Waals surface area (Å²) in [6.45, 7) is 3.40. The minimum atomic E-state index is -5.04. The zero-order chi connectivity index (χ0) is 19.2. The number of carbonyl (C=O) groups excluding carboxylic acids is 1. The Hall–Kier alpha value is -2.30. The third kappa shape index (κ3) is 5.34. The first-order chi connectivity index (χ1) is 11.6. The molecule has 0 bridgehead atoms. The summed E-state index contributed by atoms with van der Waals surface area (Å²) in [6.07, 6.45) is -4.36. The fourth-order valence-electron chi connectivity index (χ4n) is 2.46. The highest BCUT2D eigenvalue weighted by molar-refractivity contribution is 5.80. The first kappa shape index (κ1) is 20.7. The first-order valence-electron chi connectivity index (χ1n) is 7.47. The molecule has 0 aliphatic heterocycles. The van der Waals surface area contributed by atoms with Crippen LogP contribution in [0.15, 0.2) is 12.2 Å². The van der Waals surface area contributed by atoms with Gasteiger partial charge in [0.15, 0.2) is 5.69 Å². The topological polar surface area (TPSA) is 53.8 Å². The Bertz CT molecular complexity index is 688. The van der Waals surface area contributed by atoms with Crippen LogP contribution in [0.4, 0.5) is 22.0 Å². The van der Waals surface area contributed by atoms with E-state index in [4.69, 9.17) is 5.26 Å². The highest BCUT2D eigenvalue weighted by Crippen LogP contribution is 2.37. The van der Waals surface area contributed by atoms with Gasteiger partial charge in [0.1, 0.15) is 5.69 Å². The van der Waals surface area contributed by atoms with E-state index >= 15 is 0 Å². The van der Waals surface area contributed by atoms with E-state index in [0.29, 0.717) is 0 Å². The summed E-state index contributed by atoms with van der Waals surface area (Å²) in [6, 6.07) is 1.73. The number of halogens is 5. The van der Waals surface area contributed by atoms with Crippen LogP contribution in [0.1, 0.15) is 54.8 Å². The monoisotopic (exact) mass is 359 g/mol. The first-order valence-corrected chi connectivity index (χ1v) is 7.47. The van der Waals surface area contributed by atoms with Crippen molar-refractivity contribution < 1.29 is 26.7 Å². The van der Waals surface area contributed by atoms with Crippen LogP contribution in [0.5, 0.6) is 0 Å². The molecular weight excluding hydrogens is 343 g/mol. The molecule has 1 radical (unpaired) electrons. The van der Waals surface area contributed by atoms with Gasteiger partial charge in [0, 0.05) is 6.08 Å². The molecule has 0 aliphatic rings. The van der Waals surface area contributed by atoms with Crippen LogP contribution in [0.2, 0.25) is 0 Å². The third-order valence-electron chi connectivity index (χ3n) is 3.39. The molecule has 1 aromatic rings. The van der Waals surface area contributed by atoms with Gasteiger partial charge in [-0.05, 0) is 36.3 Å². The number of allylic oxidation sites excluding steroid dienone is 2. The van der Waals surface area contributed by atoms with Gasteiger partial charge in [-0.2, -0.15) is 18.4 Å². The van der Waals surface area contributed by atoms with Crippen molar-refractivity contribution in [2.45, 2.75) is 45.7 Å². The largest absolute Gasteiger partial charge is 0.434 e. The Kier molecular flexibility index (Phi) is 7.22. The lowest BCUT2D eigenvalue weighted by Crippen LogP contribution is -2.20. The van der Waals surface area contributed by atoms with E-state index in [1.807, 2.05) is 0 Å². The number of pyridine rings is 1. The number of aromatic nitrogens is 1. The minimum absolute atomic E-state index is 0.00713. The van der Waals surface area contributed by atoms with E-state index in [9.17, 15) is 26.7 Å². The maximum atomic E-state index is 13.3. The average Bonchev–Trinajstić information content (AvgIpc) is 2.49. The van der Waals surface area contributed by atoms with Crippen LogP contribution in [-0.2, 0) is 23.8 Å². The van der Waals surface area contributed by atoms with Crippen molar-refractivity contribution in [3.63, 3.8) is 0 Å². The summed E-state index contributed by atoms with van der Waals surface area (Å²) >= 11 is 0. The lowest BCUT2D eigenvalue weighted by Gasteiger charge is -2.20. The standard InChI is InChI=1S/C17H16F5N2O/c1-10(2)8-12-11(6-4-3-5-7-23)14(16(18)19)24-15(13(12)9-25)17(20,21)22/h3,5,10,16H,4,6,8H2,1-2H3. The highest BCUT2D eigenvalue weighted by atomic mass is 19.4. The van der Waals surface area contributed by atoms with Gasteiger partial charge in [0.2, 0.25) is 6.29 Å². The van der Waals surface area contributed by atoms with E-state index < -0.39 is 29.6 Å². The van der Waals surface area contributed by atoms with Crippen molar-refractivity contribution in [1.82, 2.24) is 4.98 Å². The Morgan fingerprint density at radius 1 is 1.24 bits per heavy atom. The van der Waals surface area contributed by atoms with Gasteiger partial charge in [-0.3, -0.25) is 4.79 Å². The van der Waals surface area contributed by atoms with Crippen molar-refractivity contribution in [3.8, 4) is 6.07 Å². The van der Waals surface area contributed by atoms with E-state index in [1.54, 1.807) is 19.9 Å². The zero-order valence-electron chi connectivity index (χ0n) is 13.6. The van der Waals surface area contributed by atoms with Crippen LogP contribution in [0.25, 0.3) is 0 Å². The number of alkyl halides is 5. The molecular formula is C17H16F5N2O. The van der Waals surface area contributed by atoms with Gasteiger partial charge in [-0.25, -0.2) is 13.8 Å². The van der Waals surface area contributed by atoms with Crippen molar-refractivity contribution in [1.29, 1.82) is 5.26 Å². The van der Waals surface area contributed by atoms with Gasteiger partial charge >= 0.3 is 6.18 Å². The number of hydrogen-bond donors (Lipinski definition) is 0. The molecule has 1 rings (SSSR count). The van der Waals surface area contributed by atoms with Crippen LogP contribution >= 0.6 is 0 Å². The summed E-state index contributed by atoms with van der Waals surface area (Å²) in [5.41, 5.74) is -3.62. The van der Waals surface area contributed by atoms with E-state index in [2.05, 4.69) is 4.98 Å². The highest BCUT2D eigenvalue weighted by Gasteiger charge is 2.39. The summed E-state index contributed by atoms with van der Waals surface area (Å²) in [5.74, 6) is -0.172. The fourth-order valence-corrected chi connectivity index (χ4v) is 2.46. The fraction of sp³-hybridized carbons (Fsp3) is 0.471. The molecule has 0 saturated heterocycles. The average molecular weight is 359 g/mol. The molecule has 0 unspecified atom stereocenters. The quantitative estimate of drug-likeness (QED) is 0.523. The SMILES string of the molecule is CC(C)Cc1c([C]=O)c(C(F)(F)F)nc(C(F)F)c1CCC=CC#N. The Labute approximate surface area is 142 Å². The molecule has 0 spiro atoms. The molecule has 0 fully saturated rings. The van der Waals surface area contributed by atoms with Gasteiger partial charge in [0.25, 0.3) is 6.43 Å². The maximum absolute atomic E-state index is 13.3. The van der Waals surface area contributed by atoms with Crippen LogP contribution in [0.3, 0.4) is 0 Å². The van der Waals surface area contributed by atoms with Crippen molar-refractivity contribution in [2.24, 2.45) is 5.92 Å². The van der Waals surface area contributed by atoms with Crippen LogP contribution < -0.4 is 0 Å². The zero-order valence-corrected chi connectivity index (χ0v) is 13.6. The predicted molar refractivity (Wildman–Crippen MR) is 80.6 cm³/mol. The molecule has 0 saturated carbocycles. The smallest absolute Gasteiger partial charge is 0.285 e. The molecule has 3 nitrogen and oxygen atoms in total. The summed E-state index contributed by atoms with van der Waals surface area (Å²) in [7, 11) is 0. The van der Waals surface area contributed by atoms with Gasteiger partial charge in [-0.1, -0.05) is 19.9 Å². The minimum Gasteiger partial charge on any atom is -0.285 e. The molecule has 8 heteroatoms. The molecule has 0 atom stereocenters. The van der Waals surface area contributed by atoms with Gasteiger partial charge in [0.05, 0.1) is 11.6 Å².